The standard InChI is InChI=1S/C17H16FN5O2.ClH/c18-15-3-1-2-12(22-15)9-25-14-5-4-10(7-13(14)24)6-11-8-21-17(20)23-16(11)19;/h1-5,7-8,24H,6,9H2,(H4,19,20,21,23);1H. The van der Waals surface area contributed by atoms with Crippen LogP contribution in [0.3, 0.4) is 0 Å². The lowest BCUT2D eigenvalue weighted by molar-refractivity contribution is 0.283. The molecule has 0 aliphatic carbocycles. The highest BCUT2D eigenvalue weighted by atomic mass is 35.5. The summed E-state index contributed by atoms with van der Waals surface area (Å²) in [7, 11) is 0. The van der Waals surface area contributed by atoms with Gasteiger partial charge in [0.1, 0.15) is 12.4 Å². The van der Waals surface area contributed by atoms with E-state index in [-0.39, 0.29) is 36.5 Å². The quantitative estimate of drug-likeness (QED) is 0.584. The number of hydrogen-bond acceptors (Lipinski definition) is 7. The van der Waals surface area contributed by atoms with Crippen LogP contribution in [0.4, 0.5) is 16.2 Å². The van der Waals surface area contributed by atoms with Crippen molar-refractivity contribution in [2.24, 2.45) is 0 Å². The zero-order valence-corrected chi connectivity index (χ0v) is 14.4. The van der Waals surface area contributed by atoms with Gasteiger partial charge in [0.25, 0.3) is 0 Å². The summed E-state index contributed by atoms with van der Waals surface area (Å²) in [6, 6.07) is 9.40. The van der Waals surface area contributed by atoms with Crippen molar-refractivity contribution in [2.75, 3.05) is 11.5 Å². The number of anilines is 2. The molecule has 0 unspecified atom stereocenters. The SMILES string of the molecule is Cl.Nc1ncc(Cc2ccc(OCc3cccc(F)n3)c(O)c2)c(N)n1. The number of hydrogen-bond donors (Lipinski definition) is 3. The van der Waals surface area contributed by atoms with E-state index in [0.29, 0.717) is 23.5 Å². The smallest absolute Gasteiger partial charge is 0.221 e. The minimum atomic E-state index is -0.580. The summed E-state index contributed by atoms with van der Waals surface area (Å²) in [5.41, 5.74) is 13.2. The third-order valence-electron chi connectivity index (χ3n) is 3.48. The zero-order valence-electron chi connectivity index (χ0n) is 13.6. The van der Waals surface area contributed by atoms with Crippen LogP contribution < -0.4 is 16.2 Å². The molecular weight excluding hydrogens is 361 g/mol. The minimum absolute atomic E-state index is 0. The highest BCUT2D eigenvalue weighted by molar-refractivity contribution is 5.85. The third kappa shape index (κ3) is 4.70. The molecule has 0 aliphatic heterocycles. The summed E-state index contributed by atoms with van der Waals surface area (Å²) < 4.78 is 18.5. The van der Waals surface area contributed by atoms with Crippen LogP contribution in [0.5, 0.6) is 11.5 Å². The lowest BCUT2D eigenvalue weighted by Gasteiger charge is -2.10. The maximum Gasteiger partial charge on any atom is 0.221 e. The predicted molar refractivity (Wildman–Crippen MR) is 97.5 cm³/mol. The molecule has 0 spiro atoms. The normalized spacial score (nSPS) is 10.2. The van der Waals surface area contributed by atoms with Gasteiger partial charge in [0.2, 0.25) is 11.9 Å². The molecule has 0 saturated heterocycles. The van der Waals surface area contributed by atoms with Crippen LogP contribution in [0.25, 0.3) is 0 Å². The average molecular weight is 378 g/mol. The Balaban J connectivity index is 0.00000243. The molecule has 26 heavy (non-hydrogen) atoms. The van der Waals surface area contributed by atoms with Gasteiger partial charge in [-0.3, -0.25) is 0 Å². The Kier molecular flexibility index (Phi) is 6.13. The van der Waals surface area contributed by atoms with Crippen LogP contribution in [0, 0.1) is 5.95 Å². The Morgan fingerprint density at radius 2 is 1.92 bits per heavy atom. The number of nitrogen functional groups attached to an aromatic ring is 2. The average Bonchev–Trinajstić information content (AvgIpc) is 2.57. The number of aromatic nitrogens is 3. The molecule has 9 heteroatoms. The summed E-state index contributed by atoms with van der Waals surface area (Å²) in [6.07, 6.45) is 1.99. The van der Waals surface area contributed by atoms with Gasteiger partial charge < -0.3 is 21.3 Å². The fourth-order valence-electron chi connectivity index (χ4n) is 2.27. The number of nitrogens with two attached hydrogens (primary N) is 2. The van der Waals surface area contributed by atoms with E-state index in [1.165, 1.54) is 6.07 Å². The summed E-state index contributed by atoms with van der Waals surface area (Å²) in [6.45, 7) is 0.0451. The molecule has 0 aliphatic rings. The second kappa shape index (κ2) is 8.30. The van der Waals surface area contributed by atoms with E-state index in [9.17, 15) is 9.50 Å². The second-order valence-electron chi connectivity index (χ2n) is 5.36. The van der Waals surface area contributed by atoms with Gasteiger partial charge in [-0.05, 0) is 29.8 Å². The van der Waals surface area contributed by atoms with Crippen LogP contribution >= 0.6 is 12.4 Å². The van der Waals surface area contributed by atoms with Crippen molar-refractivity contribution in [3.8, 4) is 11.5 Å². The second-order valence-corrected chi connectivity index (χ2v) is 5.36. The number of rotatable bonds is 5. The van der Waals surface area contributed by atoms with Crippen molar-refractivity contribution in [3.05, 3.63) is 65.4 Å². The molecule has 0 atom stereocenters. The maximum absolute atomic E-state index is 13.0. The molecular formula is C17H17ClFN5O2. The summed E-state index contributed by atoms with van der Waals surface area (Å²) >= 11 is 0. The van der Waals surface area contributed by atoms with E-state index in [1.807, 2.05) is 0 Å². The largest absolute Gasteiger partial charge is 0.504 e. The molecule has 0 saturated carbocycles. The van der Waals surface area contributed by atoms with Crippen LogP contribution in [-0.2, 0) is 13.0 Å². The first-order valence-electron chi connectivity index (χ1n) is 7.44. The van der Waals surface area contributed by atoms with Gasteiger partial charge in [-0.25, -0.2) is 9.97 Å². The van der Waals surface area contributed by atoms with Gasteiger partial charge in [0, 0.05) is 18.2 Å². The number of ether oxygens (including phenoxy) is 1. The Morgan fingerprint density at radius 1 is 1.12 bits per heavy atom. The Hall–Kier alpha value is -3.13. The maximum atomic E-state index is 13.0. The van der Waals surface area contributed by atoms with Crippen LogP contribution in [0.15, 0.2) is 42.6 Å². The van der Waals surface area contributed by atoms with Crippen molar-refractivity contribution < 1.29 is 14.2 Å². The van der Waals surface area contributed by atoms with Crippen LogP contribution in [0.1, 0.15) is 16.8 Å². The molecule has 0 radical (unpaired) electrons. The van der Waals surface area contributed by atoms with E-state index in [4.69, 9.17) is 16.2 Å². The van der Waals surface area contributed by atoms with Crippen LogP contribution in [0.2, 0.25) is 0 Å². The lowest BCUT2D eigenvalue weighted by atomic mass is 10.1. The van der Waals surface area contributed by atoms with Gasteiger partial charge >= 0.3 is 0 Å². The first-order valence-corrected chi connectivity index (χ1v) is 7.44. The minimum Gasteiger partial charge on any atom is -0.504 e. The van der Waals surface area contributed by atoms with Crippen LogP contribution in [-0.4, -0.2) is 20.1 Å². The highest BCUT2D eigenvalue weighted by Crippen LogP contribution is 2.29. The van der Waals surface area contributed by atoms with Gasteiger partial charge in [0.05, 0.1) is 5.69 Å². The van der Waals surface area contributed by atoms with Crippen molar-refractivity contribution in [2.45, 2.75) is 13.0 Å². The number of halogens is 2. The first kappa shape index (κ1) is 19.2. The topological polar surface area (TPSA) is 120 Å². The fourth-order valence-corrected chi connectivity index (χ4v) is 2.27. The van der Waals surface area contributed by atoms with Gasteiger partial charge in [-0.1, -0.05) is 12.1 Å². The number of phenolic OH excluding ortho intramolecular Hbond substituents is 1. The number of nitrogens with zero attached hydrogens (tertiary/aromatic N) is 3. The number of phenols is 1. The van der Waals surface area contributed by atoms with E-state index in [2.05, 4.69) is 15.0 Å². The molecule has 2 heterocycles. The third-order valence-corrected chi connectivity index (χ3v) is 3.48. The molecule has 0 amide bonds. The molecule has 7 nitrogen and oxygen atoms in total. The Labute approximate surface area is 155 Å². The van der Waals surface area contributed by atoms with E-state index in [1.54, 1.807) is 36.5 Å². The summed E-state index contributed by atoms with van der Waals surface area (Å²) in [5, 5.41) is 10.1. The molecule has 3 aromatic rings. The van der Waals surface area contributed by atoms with Crippen molar-refractivity contribution in [1.29, 1.82) is 0 Å². The van der Waals surface area contributed by atoms with E-state index in [0.717, 1.165) is 5.56 Å². The van der Waals surface area contributed by atoms with Gasteiger partial charge in [-0.15, -0.1) is 12.4 Å². The number of pyridine rings is 1. The molecule has 2 aromatic heterocycles. The molecule has 136 valence electrons. The van der Waals surface area contributed by atoms with Crippen molar-refractivity contribution >= 4 is 24.2 Å². The predicted octanol–water partition coefficient (Wildman–Crippen LogP) is 2.47. The molecule has 3 rings (SSSR count). The molecule has 1 aromatic carbocycles. The summed E-state index contributed by atoms with van der Waals surface area (Å²) in [4.78, 5) is 11.5. The zero-order chi connectivity index (χ0) is 17.8. The van der Waals surface area contributed by atoms with Gasteiger partial charge in [-0.2, -0.15) is 9.37 Å². The highest BCUT2D eigenvalue weighted by Gasteiger charge is 2.08. The number of aromatic hydroxyl groups is 1. The van der Waals surface area contributed by atoms with E-state index < -0.39 is 5.95 Å². The Bertz CT molecular complexity index is 910. The monoisotopic (exact) mass is 377 g/mol. The lowest BCUT2D eigenvalue weighted by Crippen LogP contribution is -2.04. The van der Waals surface area contributed by atoms with E-state index >= 15 is 0 Å². The molecule has 5 N–H and O–H groups in total. The number of benzene rings is 1. The fraction of sp³-hybridized carbons (Fsp3) is 0.118. The molecule has 0 bridgehead atoms. The molecule has 0 fully saturated rings. The van der Waals surface area contributed by atoms with Crippen molar-refractivity contribution in [1.82, 2.24) is 15.0 Å². The summed E-state index contributed by atoms with van der Waals surface area (Å²) in [5.74, 6) is 0.0625. The Morgan fingerprint density at radius 3 is 2.62 bits per heavy atom. The van der Waals surface area contributed by atoms with Crippen molar-refractivity contribution in [3.63, 3.8) is 0 Å². The van der Waals surface area contributed by atoms with Gasteiger partial charge in [0.15, 0.2) is 11.5 Å². The first-order chi connectivity index (χ1) is 12.0.